The lowest BCUT2D eigenvalue weighted by molar-refractivity contribution is -0.137. The highest BCUT2D eigenvalue weighted by Crippen LogP contribution is 2.41. The van der Waals surface area contributed by atoms with E-state index in [4.69, 9.17) is 5.73 Å². The maximum absolute atomic E-state index is 12.2. The van der Waals surface area contributed by atoms with Gasteiger partial charge in [0.25, 0.3) is 0 Å². The maximum atomic E-state index is 12.2. The largest absolute Gasteiger partial charge is 0.391 e. The number of nitrogens with two attached hydrogens (primary N) is 1. The molecule has 4 unspecified atom stereocenters. The van der Waals surface area contributed by atoms with Crippen molar-refractivity contribution >= 4 is 17.6 Å². The summed E-state index contributed by atoms with van der Waals surface area (Å²) >= 11 is 0. The van der Waals surface area contributed by atoms with E-state index in [1.54, 1.807) is 0 Å². The van der Waals surface area contributed by atoms with Crippen molar-refractivity contribution in [2.45, 2.75) is 76.9 Å². The summed E-state index contributed by atoms with van der Waals surface area (Å²) in [6.45, 7) is 2.13. The summed E-state index contributed by atoms with van der Waals surface area (Å²) in [5.74, 6) is 0.490. The van der Waals surface area contributed by atoms with Crippen molar-refractivity contribution in [1.82, 2.24) is 4.90 Å². The lowest BCUT2D eigenvalue weighted by Gasteiger charge is -2.21. The van der Waals surface area contributed by atoms with Gasteiger partial charge in [-0.25, -0.2) is 0 Å². The molecule has 146 valence electrons. The summed E-state index contributed by atoms with van der Waals surface area (Å²) in [7, 11) is 0. The van der Waals surface area contributed by atoms with Crippen LogP contribution in [0.5, 0.6) is 0 Å². The second-order valence-corrected chi connectivity index (χ2v) is 7.56. The third-order valence-corrected chi connectivity index (χ3v) is 5.42. The molecular formula is C20H32N2O4. The number of hydrogen-bond acceptors (Lipinski definition) is 4. The number of ketones is 1. The van der Waals surface area contributed by atoms with E-state index in [1.807, 2.05) is 6.92 Å². The molecule has 4 atom stereocenters. The first-order valence-corrected chi connectivity index (χ1v) is 9.90. The van der Waals surface area contributed by atoms with Crippen LogP contribution in [-0.2, 0) is 14.4 Å². The molecule has 2 aliphatic rings. The Morgan fingerprint density at radius 1 is 1.15 bits per heavy atom. The molecule has 1 heterocycles. The molecule has 2 fully saturated rings. The van der Waals surface area contributed by atoms with Crippen LogP contribution in [0, 0.1) is 11.8 Å². The van der Waals surface area contributed by atoms with E-state index in [-0.39, 0.29) is 24.8 Å². The van der Waals surface area contributed by atoms with Crippen LogP contribution >= 0.6 is 0 Å². The molecule has 2 rings (SSSR count). The predicted molar refractivity (Wildman–Crippen MR) is 99.1 cm³/mol. The van der Waals surface area contributed by atoms with Crippen molar-refractivity contribution in [2.75, 3.05) is 6.54 Å². The van der Waals surface area contributed by atoms with Gasteiger partial charge in [0.2, 0.25) is 11.8 Å². The van der Waals surface area contributed by atoms with Crippen LogP contribution in [0.2, 0.25) is 0 Å². The Hall–Kier alpha value is -1.69. The molecule has 2 amide bonds. The minimum absolute atomic E-state index is 0.0920. The third-order valence-electron chi connectivity index (χ3n) is 5.42. The number of Topliss-reactive ketones (excluding diaryl/α,β-unsaturated/α-hetero) is 1. The monoisotopic (exact) mass is 364 g/mol. The van der Waals surface area contributed by atoms with Gasteiger partial charge in [-0.3, -0.25) is 14.4 Å². The molecule has 0 radical (unpaired) electrons. The standard InChI is InChI=1S/C20H32N2O4/c1-2-18(24)16-11-14(16)9-7-5-3-4-6-8-10-19(25)22-13-15(23)12-17(22)20(21)26/h7,9,14-17,23H,2-6,8,10-13H2,1H3,(H2,21,26)/b9-7-. The summed E-state index contributed by atoms with van der Waals surface area (Å²) in [5.41, 5.74) is 5.30. The lowest BCUT2D eigenvalue weighted by atomic mass is 10.1. The first kappa shape index (κ1) is 20.6. The van der Waals surface area contributed by atoms with Crippen LogP contribution in [0.1, 0.15) is 64.7 Å². The van der Waals surface area contributed by atoms with Crippen molar-refractivity contribution in [3.8, 4) is 0 Å². The number of amides is 2. The van der Waals surface area contributed by atoms with Crippen molar-refractivity contribution in [2.24, 2.45) is 17.6 Å². The maximum Gasteiger partial charge on any atom is 0.240 e. The highest BCUT2D eigenvalue weighted by molar-refractivity contribution is 5.87. The quantitative estimate of drug-likeness (QED) is 0.432. The van der Waals surface area contributed by atoms with E-state index in [2.05, 4.69) is 12.2 Å². The topological polar surface area (TPSA) is 101 Å². The van der Waals surface area contributed by atoms with Crippen LogP contribution in [0.3, 0.4) is 0 Å². The number of carbonyl (C=O) groups is 3. The molecule has 26 heavy (non-hydrogen) atoms. The first-order chi connectivity index (χ1) is 12.4. The number of primary amides is 1. The Balaban J connectivity index is 1.52. The summed E-state index contributed by atoms with van der Waals surface area (Å²) in [4.78, 5) is 36.5. The van der Waals surface area contributed by atoms with Crippen molar-refractivity contribution in [3.05, 3.63) is 12.2 Å². The van der Waals surface area contributed by atoms with Crippen LogP contribution in [0.25, 0.3) is 0 Å². The number of aliphatic hydroxyl groups is 1. The fraction of sp³-hybridized carbons (Fsp3) is 0.750. The number of aliphatic hydroxyl groups excluding tert-OH is 1. The van der Waals surface area contributed by atoms with Crippen LogP contribution in [0.15, 0.2) is 12.2 Å². The number of unbranched alkanes of at least 4 members (excludes halogenated alkanes) is 4. The predicted octanol–water partition coefficient (Wildman–Crippen LogP) is 1.95. The first-order valence-electron chi connectivity index (χ1n) is 9.90. The molecule has 6 heteroatoms. The van der Waals surface area contributed by atoms with Gasteiger partial charge < -0.3 is 15.7 Å². The Bertz CT molecular complexity index is 546. The Labute approximate surface area is 155 Å². The number of hydrogen-bond donors (Lipinski definition) is 2. The molecule has 3 N–H and O–H groups in total. The minimum atomic E-state index is -0.659. The Morgan fingerprint density at radius 3 is 2.58 bits per heavy atom. The number of rotatable bonds is 11. The van der Waals surface area contributed by atoms with Crippen molar-refractivity contribution in [3.63, 3.8) is 0 Å². The number of β-amino-alcohol motifs (C(OH)–C–C–N with tert-alkyl or cyclic N) is 1. The minimum Gasteiger partial charge on any atom is -0.391 e. The normalized spacial score (nSPS) is 27.8. The Kier molecular flexibility index (Phi) is 7.82. The van der Waals surface area contributed by atoms with E-state index >= 15 is 0 Å². The molecule has 1 aliphatic heterocycles. The molecular weight excluding hydrogens is 332 g/mol. The summed E-state index contributed by atoms with van der Waals surface area (Å²) < 4.78 is 0. The van der Waals surface area contributed by atoms with Gasteiger partial charge in [-0.1, -0.05) is 31.9 Å². The second-order valence-electron chi connectivity index (χ2n) is 7.56. The van der Waals surface area contributed by atoms with Gasteiger partial charge in [0, 0.05) is 31.7 Å². The zero-order valence-corrected chi connectivity index (χ0v) is 15.7. The van der Waals surface area contributed by atoms with Gasteiger partial charge in [-0.2, -0.15) is 0 Å². The molecule has 0 aromatic rings. The van der Waals surface area contributed by atoms with Crippen LogP contribution in [0.4, 0.5) is 0 Å². The summed E-state index contributed by atoms with van der Waals surface area (Å²) in [5, 5.41) is 9.64. The van der Waals surface area contributed by atoms with Crippen molar-refractivity contribution in [1.29, 1.82) is 0 Å². The molecule has 0 bridgehead atoms. The SMILES string of the molecule is CCC(=O)C1CC1/C=C\CCCCCCC(=O)N1CC(O)CC1C(N)=O. The number of nitrogens with zero attached hydrogens (tertiary/aromatic N) is 1. The van der Waals surface area contributed by atoms with Gasteiger partial charge in [0.05, 0.1) is 6.10 Å². The fourth-order valence-electron chi connectivity index (χ4n) is 3.73. The summed E-state index contributed by atoms with van der Waals surface area (Å²) in [6.07, 6.45) is 10.9. The zero-order valence-electron chi connectivity index (χ0n) is 15.7. The van der Waals surface area contributed by atoms with E-state index in [1.165, 1.54) is 4.90 Å². The molecule has 0 aromatic carbocycles. The molecule has 1 aliphatic carbocycles. The van der Waals surface area contributed by atoms with Crippen molar-refractivity contribution < 1.29 is 19.5 Å². The average molecular weight is 364 g/mol. The highest BCUT2D eigenvalue weighted by atomic mass is 16.3. The third kappa shape index (κ3) is 5.94. The van der Waals surface area contributed by atoms with Gasteiger partial charge >= 0.3 is 0 Å². The molecule has 0 aromatic heterocycles. The molecule has 1 saturated heterocycles. The van der Waals surface area contributed by atoms with E-state index < -0.39 is 18.1 Å². The molecule has 6 nitrogen and oxygen atoms in total. The van der Waals surface area contributed by atoms with E-state index in [9.17, 15) is 19.5 Å². The smallest absolute Gasteiger partial charge is 0.240 e. The summed E-state index contributed by atoms with van der Waals surface area (Å²) in [6, 6.07) is -0.659. The molecule has 0 spiro atoms. The van der Waals surface area contributed by atoms with Crippen LogP contribution < -0.4 is 5.73 Å². The molecule has 1 saturated carbocycles. The lowest BCUT2D eigenvalue weighted by Crippen LogP contribution is -2.43. The number of carbonyl (C=O) groups excluding carboxylic acids is 3. The second kappa shape index (κ2) is 9.86. The van der Waals surface area contributed by atoms with Gasteiger partial charge in [-0.15, -0.1) is 0 Å². The zero-order chi connectivity index (χ0) is 19.1. The number of allylic oxidation sites excluding steroid dienone is 2. The average Bonchev–Trinajstić information content (AvgIpc) is 3.27. The van der Waals surface area contributed by atoms with E-state index in [0.717, 1.165) is 38.5 Å². The fourth-order valence-corrected chi connectivity index (χ4v) is 3.73. The number of likely N-dealkylation sites (tertiary alicyclic amines) is 1. The highest BCUT2D eigenvalue weighted by Gasteiger charge is 2.39. The Morgan fingerprint density at radius 2 is 1.88 bits per heavy atom. The van der Waals surface area contributed by atoms with Gasteiger partial charge in [-0.05, 0) is 31.6 Å². The van der Waals surface area contributed by atoms with Gasteiger partial charge in [0.15, 0.2) is 0 Å². The van der Waals surface area contributed by atoms with Crippen LogP contribution in [-0.4, -0.2) is 46.3 Å². The van der Waals surface area contributed by atoms with E-state index in [0.29, 0.717) is 24.5 Å². The van der Waals surface area contributed by atoms with Gasteiger partial charge in [0.1, 0.15) is 11.8 Å².